The van der Waals surface area contributed by atoms with Crippen LogP contribution in [0.3, 0.4) is 0 Å². The highest BCUT2D eigenvalue weighted by Gasteiger charge is 2.15. The number of nitrogen functional groups attached to an aromatic ring is 1. The Morgan fingerprint density at radius 2 is 1.68 bits per heavy atom. The van der Waals surface area contributed by atoms with Crippen molar-refractivity contribution in [2.45, 2.75) is 32.6 Å². The normalized spacial score (nSPS) is 11.9. The molecule has 108 valence electrons. The molecule has 0 aromatic heterocycles. The zero-order chi connectivity index (χ0) is 14.6. The van der Waals surface area contributed by atoms with Gasteiger partial charge in [0.1, 0.15) is 0 Å². The van der Waals surface area contributed by atoms with Crippen molar-refractivity contribution in [2.75, 3.05) is 44.9 Å². The first-order valence-corrected chi connectivity index (χ1v) is 6.97. The summed E-state index contributed by atoms with van der Waals surface area (Å²) in [6, 6.07) is 6.44. The maximum atomic E-state index is 6.20. The van der Waals surface area contributed by atoms with Crippen LogP contribution in [-0.4, -0.2) is 39.1 Å². The van der Waals surface area contributed by atoms with Crippen LogP contribution in [0.25, 0.3) is 0 Å². The lowest BCUT2D eigenvalue weighted by Crippen LogP contribution is -2.24. The molecule has 2 N–H and O–H groups in total. The van der Waals surface area contributed by atoms with Crippen molar-refractivity contribution >= 4 is 11.4 Å². The fourth-order valence-corrected chi connectivity index (χ4v) is 2.11. The number of hydrogen-bond donors (Lipinski definition) is 1. The predicted molar refractivity (Wildman–Crippen MR) is 86.0 cm³/mol. The summed E-state index contributed by atoms with van der Waals surface area (Å²) in [5.41, 5.74) is 9.64. The molecule has 1 aromatic rings. The molecule has 0 amide bonds. The third-order valence-electron chi connectivity index (χ3n) is 3.40. The molecule has 0 bridgehead atoms. The van der Waals surface area contributed by atoms with Gasteiger partial charge in [0.15, 0.2) is 0 Å². The monoisotopic (exact) mass is 263 g/mol. The molecule has 19 heavy (non-hydrogen) atoms. The van der Waals surface area contributed by atoms with Gasteiger partial charge < -0.3 is 15.5 Å². The van der Waals surface area contributed by atoms with Crippen LogP contribution in [0.1, 0.15) is 32.8 Å². The molecule has 0 unspecified atom stereocenters. The molecule has 1 rings (SSSR count). The van der Waals surface area contributed by atoms with Gasteiger partial charge in [0.05, 0.1) is 11.4 Å². The van der Waals surface area contributed by atoms with E-state index >= 15 is 0 Å². The fourth-order valence-electron chi connectivity index (χ4n) is 2.11. The maximum Gasteiger partial charge on any atom is 0.0597 e. The van der Waals surface area contributed by atoms with Crippen LogP contribution in [0, 0.1) is 0 Å². The van der Waals surface area contributed by atoms with E-state index in [0.717, 1.165) is 30.9 Å². The summed E-state index contributed by atoms with van der Waals surface area (Å²) in [7, 11) is 6.32. The van der Waals surface area contributed by atoms with E-state index in [9.17, 15) is 0 Å². The van der Waals surface area contributed by atoms with Crippen LogP contribution in [0.5, 0.6) is 0 Å². The van der Waals surface area contributed by atoms with Crippen molar-refractivity contribution in [1.29, 1.82) is 0 Å². The first-order chi connectivity index (χ1) is 8.71. The molecule has 0 saturated heterocycles. The average Bonchev–Trinajstić information content (AvgIpc) is 2.26. The zero-order valence-electron chi connectivity index (χ0n) is 13.3. The van der Waals surface area contributed by atoms with E-state index in [1.165, 1.54) is 5.56 Å². The van der Waals surface area contributed by atoms with Gasteiger partial charge in [-0.3, -0.25) is 0 Å². The predicted octanol–water partition coefficient (Wildman–Crippen LogP) is 2.95. The summed E-state index contributed by atoms with van der Waals surface area (Å²) in [6.45, 7) is 8.76. The Hall–Kier alpha value is -1.22. The first-order valence-electron chi connectivity index (χ1n) is 6.97. The molecule has 1 aromatic carbocycles. The van der Waals surface area contributed by atoms with Gasteiger partial charge in [0.25, 0.3) is 0 Å². The molecule has 0 radical (unpaired) electrons. The third-order valence-corrected chi connectivity index (χ3v) is 3.40. The van der Waals surface area contributed by atoms with Crippen LogP contribution in [0.15, 0.2) is 18.2 Å². The summed E-state index contributed by atoms with van der Waals surface area (Å²) in [5.74, 6) is 0. The summed E-state index contributed by atoms with van der Waals surface area (Å²) in [4.78, 5) is 4.45. The highest BCUT2D eigenvalue weighted by atomic mass is 15.1. The van der Waals surface area contributed by atoms with Crippen LogP contribution >= 0.6 is 0 Å². The summed E-state index contributed by atoms with van der Waals surface area (Å²) < 4.78 is 0. The maximum absolute atomic E-state index is 6.20. The first kappa shape index (κ1) is 15.8. The van der Waals surface area contributed by atoms with Gasteiger partial charge in [0, 0.05) is 13.6 Å². The lowest BCUT2D eigenvalue weighted by Gasteiger charge is -2.25. The Kier molecular flexibility index (Phi) is 5.24. The fraction of sp³-hybridized carbons (Fsp3) is 0.625. The molecule has 0 aliphatic carbocycles. The van der Waals surface area contributed by atoms with Gasteiger partial charge in [-0.25, -0.2) is 0 Å². The van der Waals surface area contributed by atoms with Crippen LogP contribution in [-0.2, 0) is 5.41 Å². The van der Waals surface area contributed by atoms with Gasteiger partial charge >= 0.3 is 0 Å². The van der Waals surface area contributed by atoms with Gasteiger partial charge in [-0.1, -0.05) is 26.8 Å². The molecule has 3 heteroatoms. The smallest absolute Gasteiger partial charge is 0.0597 e. The zero-order valence-corrected chi connectivity index (χ0v) is 13.3. The quantitative estimate of drug-likeness (QED) is 0.829. The van der Waals surface area contributed by atoms with Crippen molar-refractivity contribution in [3.63, 3.8) is 0 Å². The molecule has 3 nitrogen and oxygen atoms in total. The van der Waals surface area contributed by atoms with Gasteiger partial charge in [-0.15, -0.1) is 0 Å². The molecule has 0 aliphatic heterocycles. The van der Waals surface area contributed by atoms with Crippen molar-refractivity contribution in [3.8, 4) is 0 Å². The number of benzene rings is 1. The van der Waals surface area contributed by atoms with Crippen molar-refractivity contribution in [2.24, 2.45) is 0 Å². The molecule has 0 fully saturated rings. The molecule has 0 spiro atoms. The van der Waals surface area contributed by atoms with Crippen LogP contribution in [0.2, 0.25) is 0 Å². The van der Waals surface area contributed by atoms with E-state index in [2.05, 4.69) is 69.9 Å². The lowest BCUT2D eigenvalue weighted by atomic mass is 9.86. The summed E-state index contributed by atoms with van der Waals surface area (Å²) in [6.07, 6.45) is 1.14. The Balaban J connectivity index is 2.73. The minimum absolute atomic E-state index is 0.149. The van der Waals surface area contributed by atoms with Gasteiger partial charge in [-0.05, 0) is 50.2 Å². The van der Waals surface area contributed by atoms with E-state index in [4.69, 9.17) is 5.73 Å². The second-order valence-electron chi connectivity index (χ2n) is 6.60. The summed E-state index contributed by atoms with van der Waals surface area (Å²) >= 11 is 0. The molecule has 0 heterocycles. The van der Waals surface area contributed by atoms with Crippen LogP contribution < -0.4 is 10.6 Å². The standard InChI is InChI=1S/C16H29N3/c1-16(2,3)13-8-9-15(14(17)12-13)19(6)11-7-10-18(4)5/h8-9,12H,7,10-11,17H2,1-6H3. The minimum atomic E-state index is 0.149. The highest BCUT2D eigenvalue weighted by Crippen LogP contribution is 2.29. The van der Waals surface area contributed by atoms with Crippen molar-refractivity contribution in [1.82, 2.24) is 4.90 Å². The number of anilines is 2. The SMILES string of the molecule is CN(C)CCCN(C)c1ccc(C(C)(C)C)cc1N. The number of hydrogen-bond acceptors (Lipinski definition) is 3. The van der Waals surface area contributed by atoms with E-state index in [0.29, 0.717) is 0 Å². The highest BCUT2D eigenvalue weighted by molar-refractivity contribution is 5.68. The van der Waals surface area contributed by atoms with Crippen LogP contribution in [0.4, 0.5) is 11.4 Å². The number of nitrogens with zero attached hydrogens (tertiary/aromatic N) is 2. The Morgan fingerprint density at radius 1 is 1.05 bits per heavy atom. The Bertz CT molecular complexity index is 405. The third kappa shape index (κ3) is 4.75. The topological polar surface area (TPSA) is 32.5 Å². The van der Waals surface area contributed by atoms with Gasteiger partial charge in [0.2, 0.25) is 0 Å². The minimum Gasteiger partial charge on any atom is -0.397 e. The van der Waals surface area contributed by atoms with Gasteiger partial charge in [-0.2, -0.15) is 0 Å². The molecule has 0 saturated carbocycles. The van der Waals surface area contributed by atoms with E-state index < -0.39 is 0 Å². The largest absolute Gasteiger partial charge is 0.397 e. The molecular formula is C16H29N3. The molecular weight excluding hydrogens is 234 g/mol. The van der Waals surface area contributed by atoms with E-state index in [1.54, 1.807) is 0 Å². The second-order valence-corrected chi connectivity index (χ2v) is 6.60. The van der Waals surface area contributed by atoms with Crippen molar-refractivity contribution < 1.29 is 0 Å². The lowest BCUT2D eigenvalue weighted by molar-refractivity contribution is 0.402. The molecule has 0 atom stereocenters. The van der Waals surface area contributed by atoms with E-state index in [1.807, 2.05) is 0 Å². The number of nitrogens with two attached hydrogens (primary N) is 1. The van der Waals surface area contributed by atoms with E-state index in [-0.39, 0.29) is 5.41 Å². The number of rotatable bonds is 5. The Morgan fingerprint density at radius 3 is 2.16 bits per heavy atom. The average molecular weight is 263 g/mol. The second kappa shape index (κ2) is 6.29. The summed E-state index contributed by atoms with van der Waals surface area (Å²) in [5, 5.41) is 0. The van der Waals surface area contributed by atoms with Crippen molar-refractivity contribution in [3.05, 3.63) is 23.8 Å². The Labute approximate surface area is 118 Å². The molecule has 0 aliphatic rings.